The highest BCUT2D eigenvalue weighted by atomic mass is 32.1. The van der Waals surface area contributed by atoms with Gasteiger partial charge in [0.1, 0.15) is 6.17 Å². The van der Waals surface area contributed by atoms with Crippen LogP contribution in [0.5, 0.6) is 0 Å². The Labute approximate surface area is 135 Å². The third-order valence-electron chi connectivity index (χ3n) is 5.30. The van der Waals surface area contributed by atoms with Crippen LogP contribution in [0.3, 0.4) is 0 Å². The number of fused-ring (bicyclic) bond motifs is 3. The van der Waals surface area contributed by atoms with Crippen LogP contribution in [-0.4, -0.2) is 31.1 Å². The zero-order valence-electron chi connectivity index (χ0n) is 13.0. The van der Waals surface area contributed by atoms with Gasteiger partial charge >= 0.3 is 0 Å². The van der Waals surface area contributed by atoms with Crippen molar-refractivity contribution >= 4 is 22.9 Å². The summed E-state index contributed by atoms with van der Waals surface area (Å²) in [5, 5.41) is 2.14. The Bertz CT molecular complexity index is 712. The molecular formula is C18H20N2OS. The van der Waals surface area contributed by atoms with Gasteiger partial charge in [-0.3, -0.25) is 4.79 Å². The molecule has 3 heterocycles. The molecule has 0 bridgehead atoms. The molecular weight excluding hydrogens is 292 g/mol. The zero-order chi connectivity index (χ0) is 15.3. The summed E-state index contributed by atoms with van der Waals surface area (Å²) in [5.74, 6) is 0.256. The van der Waals surface area contributed by atoms with E-state index in [2.05, 4.69) is 53.7 Å². The number of carbonyl (C=O) groups excluding carboxylic acids is 1. The first-order chi connectivity index (χ1) is 10.6. The van der Waals surface area contributed by atoms with Crippen molar-refractivity contribution in [3.05, 3.63) is 52.2 Å². The molecule has 0 saturated carbocycles. The Balaban J connectivity index is 1.88. The van der Waals surface area contributed by atoms with Crippen LogP contribution >= 0.6 is 11.3 Å². The molecule has 1 aromatic heterocycles. The third kappa shape index (κ3) is 1.76. The highest BCUT2D eigenvalue weighted by Gasteiger charge is 2.54. The van der Waals surface area contributed by atoms with Gasteiger partial charge in [0.15, 0.2) is 0 Å². The van der Waals surface area contributed by atoms with Crippen LogP contribution in [0.4, 0.5) is 5.69 Å². The number of piperidine rings is 1. The van der Waals surface area contributed by atoms with Gasteiger partial charge < -0.3 is 9.80 Å². The summed E-state index contributed by atoms with van der Waals surface area (Å²) in [7, 11) is 4.08. The Morgan fingerprint density at radius 3 is 2.77 bits per heavy atom. The number of rotatable bonds is 2. The predicted molar refractivity (Wildman–Crippen MR) is 90.3 cm³/mol. The molecule has 4 rings (SSSR count). The van der Waals surface area contributed by atoms with E-state index in [1.165, 1.54) is 16.1 Å². The van der Waals surface area contributed by atoms with Crippen LogP contribution in [0.1, 0.15) is 23.3 Å². The average molecular weight is 312 g/mol. The van der Waals surface area contributed by atoms with E-state index in [4.69, 9.17) is 0 Å². The minimum atomic E-state index is 0.0128. The number of thiophene rings is 1. The van der Waals surface area contributed by atoms with Gasteiger partial charge in [-0.2, -0.15) is 0 Å². The maximum absolute atomic E-state index is 12.3. The van der Waals surface area contributed by atoms with E-state index in [-0.39, 0.29) is 17.5 Å². The van der Waals surface area contributed by atoms with Gasteiger partial charge in [-0.25, -0.2) is 0 Å². The Morgan fingerprint density at radius 1 is 1.18 bits per heavy atom. The number of likely N-dealkylation sites (tertiary alicyclic amines) is 1. The first kappa shape index (κ1) is 13.8. The van der Waals surface area contributed by atoms with Crippen molar-refractivity contribution in [3.8, 4) is 0 Å². The quantitative estimate of drug-likeness (QED) is 0.850. The summed E-state index contributed by atoms with van der Waals surface area (Å²) >= 11 is 1.82. The molecule has 4 heteroatoms. The van der Waals surface area contributed by atoms with E-state index in [1.807, 2.05) is 23.3 Å². The van der Waals surface area contributed by atoms with Gasteiger partial charge in [0.2, 0.25) is 5.91 Å². The molecule has 0 N–H and O–H groups in total. The lowest BCUT2D eigenvalue weighted by Crippen LogP contribution is -2.59. The molecule has 0 spiro atoms. The minimum Gasteiger partial charge on any atom is -0.353 e. The molecule has 1 aromatic carbocycles. The number of carbonyl (C=O) groups is 1. The van der Waals surface area contributed by atoms with E-state index in [0.29, 0.717) is 6.42 Å². The summed E-state index contributed by atoms with van der Waals surface area (Å²) in [6, 6.07) is 13.0. The summed E-state index contributed by atoms with van der Waals surface area (Å²) < 4.78 is 0. The average Bonchev–Trinajstić information content (AvgIpc) is 3.11. The fourth-order valence-electron chi connectivity index (χ4n) is 4.38. The topological polar surface area (TPSA) is 23.6 Å². The highest BCUT2D eigenvalue weighted by molar-refractivity contribution is 7.09. The Kier molecular flexibility index (Phi) is 3.05. The van der Waals surface area contributed by atoms with Crippen molar-refractivity contribution in [2.75, 3.05) is 19.0 Å². The van der Waals surface area contributed by atoms with Crippen molar-refractivity contribution in [3.63, 3.8) is 0 Å². The largest absolute Gasteiger partial charge is 0.353 e. The molecule has 0 radical (unpaired) electrons. The second-order valence-corrected chi connectivity index (χ2v) is 7.45. The Morgan fingerprint density at radius 2 is 2.00 bits per heavy atom. The van der Waals surface area contributed by atoms with Gasteiger partial charge in [0.25, 0.3) is 0 Å². The van der Waals surface area contributed by atoms with Crippen molar-refractivity contribution in [2.24, 2.45) is 0 Å². The van der Waals surface area contributed by atoms with Gasteiger partial charge in [-0.15, -0.1) is 11.3 Å². The van der Waals surface area contributed by atoms with E-state index in [0.717, 1.165) is 12.8 Å². The van der Waals surface area contributed by atoms with Gasteiger partial charge in [0.05, 0.1) is 0 Å². The normalized spacial score (nSPS) is 27.0. The first-order valence-electron chi connectivity index (χ1n) is 7.74. The summed E-state index contributed by atoms with van der Waals surface area (Å²) in [6.07, 6.45) is 2.70. The number of para-hydroxylation sites is 1. The molecule has 0 aliphatic carbocycles. The molecule has 2 aliphatic heterocycles. The Hall–Kier alpha value is -1.81. The molecule has 2 atom stereocenters. The van der Waals surface area contributed by atoms with Crippen LogP contribution < -0.4 is 4.90 Å². The standard InChI is InChI=1S/C18H20N2OS/c1-19-15-8-4-3-7-14(15)18(12-13-6-5-11-22-13)10-9-16(21)20(2)17(18)19/h3-8,11,17H,9-10,12H2,1-2H3/t17-,18+/m0/s1. The number of benzene rings is 1. The summed E-state index contributed by atoms with van der Waals surface area (Å²) in [6.45, 7) is 0. The number of hydrogen-bond acceptors (Lipinski definition) is 3. The minimum absolute atomic E-state index is 0.0128. The number of nitrogens with zero attached hydrogens (tertiary/aromatic N) is 2. The van der Waals surface area contributed by atoms with Crippen LogP contribution in [0.15, 0.2) is 41.8 Å². The number of likely N-dealkylation sites (N-methyl/N-ethyl adjacent to an activating group) is 2. The second kappa shape index (κ2) is 4.85. The molecule has 3 nitrogen and oxygen atoms in total. The fraction of sp³-hybridized carbons (Fsp3) is 0.389. The molecule has 2 aliphatic rings. The molecule has 22 heavy (non-hydrogen) atoms. The van der Waals surface area contributed by atoms with Gasteiger partial charge in [-0.05, 0) is 35.9 Å². The number of anilines is 1. The second-order valence-electron chi connectivity index (χ2n) is 6.42. The smallest absolute Gasteiger partial charge is 0.224 e. The van der Waals surface area contributed by atoms with Gasteiger partial charge in [-0.1, -0.05) is 24.3 Å². The van der Waals surface area contributed by atoms with Crippen LogP contribution in [-0.2, 0) is 16.6 Å². The van der Waals surface area contributed by atoms with Crippen LogP contribution in [0.25, 0.3) is 0 Å². The first-order valence-corrected chi connectivity index (χ1v) is 8.62. The van der Waals surface area contributed by atoms with E-state index in [1.54, 1.807) is 0 Å². The predicted octanol–water partition coefficient (Wildman–Crippen LogP) is 3.26. The monoisotopic (exact) mass is 312 g/mol. The molecule has 1 saturated heterocycles. The van der Waals surface area contributed by atoms with Gasteiger partial charge in [0, 0.05) is 36.5 Å². The van der Waals surface area contributed by atoms with Crippen molar-refractivity contribution in [2.45, 2.75) is 30.8 Å². The molecule has 2 aromatic rings. The van der Waals surface area contributed by atoms with E-state index >= 15 is 0 Å². The molecule has 114 valence electrons. The number of amides is 1. The van der Waals surface area contributed by atoms with Crippen molar-refractivity contribution < 1.29 is 4.79 Å². The fourth-order valence-corrected chi connectivity index (χ4v) is 5.21. The summed E-state index contributed by atoms with van der Waals surface area (Å²) in [5.41, 5.74) is 2.68. The van der Waals surface area contributed by atoms with Crippen LogP contribution in [0, 0.1) is 0 Å². The van der Waals surface area contributed by atoms with E-state index < -0.39 is 0 Å². The maximum atomic E-state index is 12.3. The third-order valence-corrected chi connectivity index (χ3v) is 6.17. The van der Waals surface area contributed by atoms with Crippen molar-refractivity contribution in [1.82, 2.24) is 4.90 Å². The van der Waals surface area contributed by atoms with E-state index in [9.17, 15) is 4.79 Å². The van der Waals surface area contributed by atoms with Crippen molar-refractivity contribution in [1.29, 1.82) is 0 Å². The van der Waals surface area contributed by atoms with Crippen LogP contribution in [0.2, 0.25) is 0 Å². The lowest BCUT2D eigenvalue weighted by molar-refractivity contribution is -0.137. The SMILES string of the molecule is CN1C(=O)CC[C@@]2(Cc3cccs3)c3ccccc3N(C)[C@@H]12. The molecule has 1 amide bonds. The highest BCUT2D eigenvalue weighted by Crippen LogP contribution is 2.52. The number of hydrogen-bond donors (Lipinski definition) is 0. The summed E-state index contributed by atoms with van der Waals surface area (Å²) in [4.78, 5) is 17.9. The lowest BCUT2D eigenvalue weighted by Gasteiger charge is -2.47. The zero-order valence-corrected chi connectivity index (χ0v) is 13.8. The molecule has 1 fully saturated rings. The maximum Gasteiger partial charge on any atom is 0.224 e. The molecule has 0 unspecified atom stereocenters. The lowest BCUT2D eigenvalue weighted by atomic mass is 9.70.